The molecular weight excluding hydrogens is 484 g/mol. The van der Waals surface area contributed by atoms with E-state index in [0.29, 0.717) is 27.1 Å². The SMILES string of the molecule is CCc1ccc2nc(N3C(=O)C(O)=C(C(=O)c4cccs4)[C@@H]3c3cc(OC)ccc3OC)sc2c1. The summed E-state index contributed by atoms with van der Waals surface area (Å²) in [6.45, 7) is 2.07. The van der Waals surface area contributed by atoms with Gasteiger partial charge in [-0.05, 0) is 53.8 Å². The van der Waals surface area contributed by atoms with Crippen LogP contribution in [0, 0.1) is 0 Å². The number of hydrogen-bond donors (Lipinski definition) is 1. The molecule has 2 aromatic heterocycles. The van der Waals surface area contributed by atoms with Crippen molar-refractivity contribution in [2.24, 2.45) is 0 Å². The van der Waals surface area contributed by atoms with Crippen molar-refractivity contribution in [1.29, 1.82) is 0 Å². The number of thiophene rings is 1. The van der Waals surface area contributed by atoms with Gasteiger partial charge in [0.15, 0.2) is 10.9 Å². The van der Waals surface area contributed by atoms with Gasteiger partial charge in [0.25, 0.3) is 5.91 Å². The van der Waals surface area contributed by atoms with Crippen LogP contribution in [0.5, 0.6) is 11.5 Å². The number of aliphatic hydroxyl groups excluding tert-OH is 1. The highest BCUT2D eigenvalue weighted by Gasteiger charge is 2.47. The van der Waals surface area contributed by atoms with Gasteiger partial charge in [-0.1, -0.05) is 30.4 Å². The first kappa shape index (κ1) is 23.1. The van der Waals surface area contributed by atoms with Crippen molar-refractivity contribution in [1.82, 2.24) is 4.98 Å². The number of aryl methyl sites for hydroxylation is 1. The summed E-state index contributed by atoms with van der Waals surface area (Å²) in [6.07, 6.45) is 0.872. The zero-order valence-corrected chi connectivity index (χ0v) is 20.9. The number of fused-ring (bicyclic) bond motifs is 1. The van der Waals surface area contributed by atoms with Crippen LogP contribution in [0.4, 0.5) is 5.13 Å². The third-order valence-electron chi connectivity index (χ3n) is 5.99. The number of ketones is 1. The first-order valence-corrected chi connectivity index (χ1v) is 12.6. The molecule has 3 heterocycles. The maximum atomic E-state index is 13.6. The fourth-order valence-corrected chi connectivity index (χ4v) is 5.94. The number of rotatable bonds is 7. The molecule has 0 saturated heterocycles. The lowest BCUT2D eigenvalue weighted by Gasteiger charge is -2.26. The van der Waals surface area contributed by atoms with E-state index < -0.39 is 23.5 Å². The van der Waals surface area contributed by atoms with Crippen LogP contribution in [-0.2, 0) is 11.2 Å². The lowest BCUT2D eigenvalue weighted by molar-refractivity contribution is -0.117. The smallest absolute Gasteiger partial charge is 0.296 e. The van der Waals surface area contributed by atoms with Gasteiger partial charge in [-0.2, -0.15) is 0 Å². The van der Waals surface area contributed by atoms with Crippen molar-refractivity contribution < 1.29 is 24.2 Å². The largest absolute Gasteiger partial charge is 0.503 e. The van der Waals surface area contributed by atoms with E-state index in [1.54, 1.807) is 35.7 Å². The number of carbonyl (C=O) groups excluding carboxylic acids is 2. The summed E-state index contributed by atoms with van der Waals surface area (Å²) in [4.78, 5) is 33.5. The summed E-state index contributed by atoms with van der Waals surface area (Å²) in [5.41, 5.74) is 2.39. The summed E-state index contributed by atoms with van der Waals surface area (Å²) in [6, 6.07) is 13.6. The minimum Gasteiger partial charge on any atom is -0.503 e. The van der Waals surface area contributed by atoms with Gasteiger partial charge in [-0.25, -0.2) is 4.98 Å². The maximum Gasteiger partial charge on any atom is 0.296 e. The Hall–Kier alpha value is -3.69. The Kier molecular flexibility index (Phi) is 6.04. The third-order valence-corrected chi connectivity index (χ3v) is 7.87. The van der Waals surface area contributed by atoms with Gasteiger partial charge in [-0.3, -0.25) is 14.5 Å². The highest BCUT2D eigenvalue weighted by atomic mass is 32.1. The predicted molar refractivity (Wildman–Crippen MR) is 137 cm³/mol. The summed E-state index contributed by atoms with van der Waals surface area (Å²) in [5, 5.41) is 13.2. The number of benzene rings is 2. The van der Waals surface area contributed by atoms with Gasteiger partial charge in [0.1, 0.15) is 17.5 Å². The Morgan fingerprint density at radius 2 is 1.97 bits per heavy atom. The molecular formula is C26H22N2O5S2. The molecule has 0 bridgehead atoms. The van der Waals surface area contributed by atoms with E-state index in [0.717, 1.165) is 22.2 Å². The van der Waals surface area contributed by atoms with Crippen molar-refractivity contribution in [2.45, 2.75) is 19.4 Å². The Morgan fingerprint density at radius 3 is 2.66 bits per heavy atom. The zero-order chi connectivity index (χ0) is 24.7. The second-order valence-corrected chi connectivity index (χ2v) is 9.86. The van der Waals surface area contributed by atoms with Gasteiger partial charge >= 0.3 is 0 Å². The first-order chi connectivity index (χ1) is 17.0. The van der Waals surface area contributed by atoms with Crippen molar-refractivity contribution >= 4 is 49.7 Å². The second kappa shape index (κ2) is 9.16. The lowest BCUT2D eigenvalue weighted by atomic mass is 9.94. The molecule has 1 atom stereocenters. The van der Waals surface area contributed by atoms with Crippen LogP contribution in [-0.4, -0.2) is 36.0 Å². The van der Waals surface area contributed by atoms with Crippen LogP contribution in [0.2, 0.25) is 0 Å². The Labute approximate surface area is 209 Å². The predicted octanol–water partition coefficient (Wildman–Crippen LogP) is 5.72. The van der Waals surface area contributed by atoms with Crippen LogP contribution in [0.1, 0.15) is 33.8 Å². The van der Waals surface area contributed by atoms with E-state index >= 15 is 0 Å². The molecule has 1 amide bonds. The van der Waals surface area contributed by atoms with Gasteiger partial charge in [-0.15, -0.1) is 11.3 Å². The molecule has 0 spiro atoms. The molecule has 0 aliphatic carbocycles. The number of aromatic nitrogens is 1. The summed E-state index contributed by atoms with van der Waals surface area (Å²) in [7, 11) is 3.05. The zero-order valence-electron chi connectivity index (χ0n) is 19.3. The fraction of sp³-hybridized carbons (Fsp3) is 0.192. The van der Waals surface area contributed by atoms with Gasteiger partial charge < -0.3 is 14.6 Å². The fourth-order valence-electron chi connectivity index (χ4n) is 4.20. The lowest BCUT2D eigenvalue weighted by Crippen LogP contribution is -2.31. The van der Waals surface area contributed by atoms with Crippen LogP contribution >= 0.6 is 22.7 Å². The normalized spacial score (nSPS) is 15.8. The van der Waals surface area contributed by atoms with E-state index in [-0.39, 0.29) is 5.57 Å². The standard InChI is InChI=1S/C26H22N2O5S2/c1-4-14-7-9-17-20(12-14)35-26(27-17)28-22(16-13-15(32-2)8-10-18(16)33-3)21(24(30)25(28)31)23(29)19-6-5-11-34-19/h5-13,22,30H,4H2,1-3H3/t22-/m0/s1. The highest BCUT2D eigenvalue weighted by molar-refractivity contribution is 7.22. The number of thiazole rings is 1. The molecule has 9 heteroatoms. The summed E-state index contributed by atoms with van der Waals surface area (Å²) < 4.78 is 11.9. The Bertz CT molecular complexity index is 1470. The monoisotopic (exact) mass is 506 g/mol. The molecule has 7 nitrogen and oxygen atoms in total. The number of ether oxygens (including phenoxy) is 2. The van der Waals surface area contributed by atoms with Crippen LogP contribution in [0.3, 0.4) is 0 Å². The van der Waals surface area contributed by atoms with E-state index in [4.69, 9.17) is 14.5 Å². The minimum atomic E-state index is -0.951. The molecule has 1 aliphatic heterocycles. The van der Waals surface area contributed by atoms with Gasteiger partial charge in [0.05, 0.1) is 34.9 Å². The molecule has 0 saturated carbocycles. The van der Waals surface area contributed by atoms with Gasteiger partial charge in [0, 0.05) is 5.56 Å². The molecule has 1 aliphatic rings. The van der Waals surface area contributed by atoms with E-state index in [1.807, 2.05) is 18.2 Å². The Morgan fingerprint density at radius 1 is 1.14 bits per heavy atom. The molecule has 0 fully saturated rings. The number of Topliss-reactive ketones (excluding diaryl/α,β-unsaturated/α-hetero) is 1. The first-order valence-electron chi connectivity index (χ1n) is 10.9. The molecule has 4 aromatic rings. The number of anilines is 1. The number of amides is 1. The maximum absolute atomic E-state index is 13.6. The second-order valence-electron chi connectivity index (χ2n) is 7.91. The molecule has 0 unspecified atom stereocenters. The number of methoxy groups -OCH3 is 2. The van der Waals surface area contributed by atoms with Crippen LogP contribution in [0.25, 0.3) is 10.2 Å². The summed E-state index contributed by atoms with van der Waals surface area (Å²) >= 11 is 2.59. The van der Waals surface area contributed by atoms with E-state index in [2.05, 4.69) is 6.92 Å². The Balaban J connectivity index is 1.73. The summed E-state index contributed by atoms with van der Waals surface area (Å²) in [5.74, 6) is -0.715. The van der Waals surface area contributed by atoms with Crippen molar-refractivity contribution in [3.63, 3.8) is 0 Å². The van der Waals surface area contributed by atoms with Crippen molar-refractivity contribution in [2.75, 3.05) is 19.1 Å². The molecule has 2 aromatic carbocycles. The molecule has 5 rings (SSSR count). The highest BCUT2D eigenvalue weighted by Crippen LogP contribution is 2.47. The van der Waals surface area contributed by atoms with Gasteiger partial charge in [0.2, 0.25) is 5.78 Å². The van der Waals surface area contributed by atoms with Crippen molar-refractivity contribution in [3.05, 3.63) is 81.2 Å². The molecule has 1 N–H and O–H groups in total. The molecule has 178 valence electrons. The third kappa shape index (κ3) is 3.86. The molecule has 0 radical (unpaired) electrons. The van der Waals surface area contributed by atoms with Crippen LogP contribution in [0.15, 0.2) is 65.2 Å². The number of hydrogen-bond acceptors (Lipinski definition) is 8. The average molecular weight is 507 g/mol. The number of aliphatic hydroxyl groups is 1. The molecule has 35 heavy (non-hydrogen) atoms. The van der Waals surface area contributed by atoms with E-state index in [9.17, 15) is 14.7 Å². The quantitative estimate of drug-likeness (QED) is 0.323. The topological polar surface area (TPSA) is 89.0 Å². The number of carbonyl (C=O) groups is 2. The van der Waals surface area contributed by atoms with E-state index in [1.165, 1.54) is 41.8 Å². The minimum absolute atomic E-state index is 0.0162. The van der Waals surface area contributed by atoms with Crippen LogP contribution < -0.4 is 14.4 Å². The number of nitrogens with zero attached hydrogens (tertiary/aromatic N) is 2. The average Bonchev–Trinajstić information content (AvgIpc) is 3.61. The van der Waals surface area contributed by atoms with Crippen molar-refractivity contribution in [3.8, 4) is 11.5 Å².